The molecule has 16 heavy (non-hydrogen) atoms. The number of nitrogens with one attached hydrogen (secondary N) is 2. The smallest absolute Gasteiger partial charge is 0.226 e. The lowest BCUT2D eigenvalue weighted by Gasteiger charge is -2.34. The highest BCUT2D eigenvalue weighted by atomic mass is 16.2. The average molecular weight is 226 g/mol. The summed E-state index contributed by atoms with van der Waals surface area (Å²) in [7, 11) is 0. The predicted octanol–water partition coefficient (Wildman–Crippen LogP) is 1.93. The van der Waals surface area contributed by atoms with E-state index in [0.717, 1.165) is 32.4 Å². The number of amides is 1. The summed E-state index contributed by atoms with van der Waals surface area (Å²) in [5.74, 6) is 0.758. The molecule has 3 heteroatoms. The Morgan fingerprint density at radius 1 is 1.38 bits per heavy atom. The standard InChI is InChI=1S/C13H26N2O/c1-5-11(10(2)3)15-12(16)13(4)6-8-14-9-7-13/h10-11,14H,5-9H2,1-4H3,(H,15,16). The van der Waals surface area contributed by atoms with Crippen molar-refractivity contribution in [1.82, 2.24) is 10.6 Å². The van der Waals surface area contributed by atoms with Crippen LogP contribution in [0.2, 0.25) is 0 Å². The van der Waals surface area contributed by atoms with Gasteiger partial charge in [0.2, 0.25) is 5.91 Å². The molecule has 0 aromatic carbocycles. The number of hydrogen-bond acceptors (Lipinski definition) is 2. The van der Waals surface area contributed by atoms with E-state index in [4.69, 9.17) is 0 Å². The van der Waals surface area contributed by atoms with Crippen LogP contribution in [0.5, 0.6) is 0 Å². The number of piperidine rings is 1. The Labute approximate surface area is 99.4 Å². The molecule has 1 aliphatic rings. The molecule has 1 aliphatic heterocycles. The number of carbonyl (C=O) groups is 1. The van der Waals surface area contributed by atoms with Gasteiger partial charge in [-0.05, 0) is 38.3 Å². The third-order valence-corrected chi connectivity index (χ3v) is 3.82. The van der Waals surface area contributed by atoms with E-state index < -0.39 is 0 Å². The normalized spacial score (nSPS) is 21.8. The summed E-state index contributed by atoms with van der Waals surface area (Å²) < 4.78 is 0. The topological polar surface area (TPSA) is 41.1 Å². The molecule has 1 amide bonds. The molecule has 0 aromatic heterocycles. The summed E-state index contributed by atoms with van der Waals surface area (Å²) in [6.07, 6.45) is 2.92. The number of rotatable bonds is 4. The van der Waals surface area contributed by atoms with Gasteiger partial charge in [-0.2, -0.15) is 0 Å². The van der Waals surface area contributed by atoms with Crippen LogP contribution in [0.4, 0.5) is 0 Å². The van der Waals surface area contributed by atoms with Crippen LogP contribution >= 0.6 is 0 Å². The van der Waals surface area contributed by atoms with Gasteiger partial charge in [-0.3, -0.25) is 4.79 Å². The molecule has 0 bridgehead atoms. The third kappa shape index (κ3) is 3.21. The van der Waals surface area contributed by atoms with E-state index in [1.54, 1.807) is 0 Å². The van der Waals surface area contributed by atoms with Crippen LogP contribution in [0, 0.1) is 11.3 Å². The zero-order valence-corrected chi connectivity index (χ0v) is 11.1. The Hall–Kier alpha value is -0.570. The van der Waals surface area contributed by atoms with Crippen LogP contribution in [-0.2, 0) is 4.79 Å². The van der Waals surface area contributed by atoms with Gasteiger partial charge in [0.25, 0.3) is 0 Å². The minimum Gasteiger partial charge on any atom is -0.353 e. The summed E-state index contributed by atoms with van der Waals surface area (Å²) in [6.45, 7) is 10.5. The Kier molecular flexibility index (Phi) is 4.78. The fraction of sp³-hybridized carbons (Fsp3) is 0.923. The Morgan fingerprint density at radius 3 is 2.38 bits per heavy atom. The second-order valence-corrected chi connectivity index (χ2v) is 5.54. The van der Waals surface area contributed by atoms with Gasteiger partial charge in [-0.1, -0.05) is 27.7 Å². The molecule has 2 N–H and O–H groups in total. The maximum atomic E-state index is 12.3. The van der Waals surface area contributed by atoms with Gasteiger partial charge in [0.15, 0.2) is 0 Å². The summed E-state index contributed by atoms with van der Waals surface area (Å²) in [4.78, 5) is 12.3. The van der Waals surface area contributed by atoms with Crippen molar-refractivity contribution in [2.45, 2.75) is 53.0 Å². The van der Waals surface area contributed by atoms with Gasteiger partial charge in [-0.25, -0.2) is 0 Å². The van der Waals surface area contributed by atoms with Crippen molar-refractivity contribution >= 4 is 5.91 Å². The number of hydrogen-bond donors (Lipinski definition) is 2. The molecule has 1 saturated heterocycles. The molecule has 94 valence electrons. The van der Waals surface area contributed by atoms with Crippen molar-refractivity contribution in [2.75, 3.05) is 13.1 Å². The summed E-state index contributed by atoms with van der Waals surface area (Å²) in [6, 6.07) is 0.319. The maximum absolute atomic E-state index is 12.3. The molecule has 0 saturated carbocycles. The maximum Gasteiger partial charge on any atom is 0.226 e. The second kappa shape index (κ2) is 5.67. The molecule has 1 atom stereocenters. The quantitative estimate of drug-likeness (QED) is 0.769. The second-order valence-electron chi connectivity index (χ2n) is 5.54. The minimum absolute atomic E-state index is 0.159. The lowest BCUT2D eigenvalue weighted by Crippen LogP contribution is -2.49. The molecule has 1 heterocycles. The Bertz CT molecular complexity index is 232. The first kappa shape index (κ1) is 13.5. The molecule has 3 nitrogen and oxygen atoms in total. The van der Waals surface area contributed by atoms with Crippen LogP contribution in [0.15, 0.2) is 0 Å². The van der Waals surface area contributed by atoms with Crippen LogP contribution in [0.1, 0.15) is 47.0 Å². The summed E-state index contributed by atoms with van der Waals surface area (Å²) in [5.41, 5.74) is -0.159. The SMILES string of the molecule is CCC(NC(=O)C1(C)CCNCC1)C(C)C. The molecule has 1 rings (SSSR count). The molecule has 0 aromatic rings. The lowest BCUT2D eigenvalue weighted by molar-refractivity contribution is -0.132. The first-order valence-electron chi connectivity index (χ1n) is 6.51. The van der Waals surface area contributed by atoms with Gasteiger partial charge in [0, 0.05) is 11.5 Å². The highest BCUT2D eigenvalue weighted by Gasteiger charge is 2.35. The van der Waals surface area contributed by atoms with Crippen LogP contribution in [0.25, 0.3) is 0 Å². The fourth-order valence-electron chi connectivity index (χ4n) is 2.29. The molecular weight excluding hydrogens is 200 g/mol. The molecule has 1 unspecified atom stereocenters. The van der Waals surface area contributed by atoms with Crippen molar-refractivity contribution in [1.29, 1.82) is 0 Å². The van der Waals surface area contributed by atoms with E-state index in [2.05, 4.69) is 38.3 Å². The van der Waals surface area contributed by atoms with Crippen molar-refractivity contribution in [3.8, 4) is 0 Å². The first-order chi connectivity index (χ1) is 7.49. The van der Waals surface area contributed by atoms with Gasteiger partial charge in [0.1, 0.15) is 0 Å². The average Bonchev–Trinajstić information content (AvgIpc) is 2.26. The van der Waals surface area contributed by atoms with E-state index >= 15 is 0 Å². The van der Waals surface area contributed by atoms with Crippen LogP contribution in [-0.4, -0.2) is 25.0 Å². The van der Waals surface area contributed by atoms with Crippen molar-refractivity contribution < 1.29 is 4.79 Å². The lowest BCUT2D eigenvalue weighted by atomic mass is 9.79. The zero-order chi connectivity index (χ0) is 12.2. The van der Waals surface area contributed by atoms with E-state index in [1.807, 2.05) is 0 Å². The van der Waals surface area contributed by atoms with E-state index in [1.165, 1.54) is 0 Å². The first-order valence-corrected chi connectivity index (χ1v) is 6.51. The largest absolute Gasteiger partial charge is 0.353 e. The highest BCUT2D eigenvalue weighted by Crippen LogP contribution is 2.28. The monoisotopic (exact) mass is 226 g/mol. The summed E-state index contributed by atoms with van der Waals surface area (Å²) >= 11 is 0. The van der Waals surface area contributed by atoms with E-state index in [0.29, 0.717) is 12.0 Å². The molecule has 0 radical (unpaired) electrons. The van der Waals surface area contributed by atoms with Crippen molar-refractivity contribution in [3.05, 3.63) is 0 Å². The van der Waals surface area contributed by atoms with Crippen molar-refractivity contribution in [2.24, 2.45) is 11.3 Å². The fourth-order valence-corrected chi connectivity index (χ4v) is 2.29. The molecule has 0 aliphatic carbocycles. The van der Waals surface area contributed by atoms with Crippen LogP contribution < -0.4 is 10.6 Å². The number of carbonyl (C=O) groups excluding carboxylic acids is 1. The molecule has 1 fully saturated rings. The van der Waals surface area contributed by atoms with E-state index in [9.17, 15) is 4.79 Å². The third-order valence-electron chi connectivity index (χ3n) is 3.82. The van der Waals surface area contributed by atoms with Gasteiger partial charge >= 0.3 is 0 Å². The molecular formula is C13H26N2O. The highest BCUT2D eigenvalue weighted by molar-refractivity contribution is 5.82. The zero-order valence-electron chi connectivity index (χ0n) is 11.1. The van der Waals surface area contributed by atoms with Crippen molar-refractivity contribution in [3.63, 3.8) is 0 Å². The van der Waals surface area contributed by atoms with E-state index in [-0.39, 0.29) is 11.3 Å². The van der Waals surface area contributed by atoms with Gasteiger partial charge in [-0.15, -0.1) is 0 Å². The minimum atomic E-state index is -0.159. The molecule has 0 spiro atoms. The Balaban J connectivity index is 2.55. The van der Waals surface area contributed by atoms with Gasteiger partial charge < -0.3 is 10.6 Å². The van der Waals surface area contributed by atoms with Crippen LogP contribution in [0.3, 0.4) is 0 Å². The van der Waals surface area contributed by atoms with Gasteiger partial charge in [0.05, 0.1) is 0 Å². The summed E-state index contributed by atoms with van der Waals surface area (Å²) in [5, 5.41) is 6.51. The Morgan fingerprint density at radius 2 is 1.94 bits per heavy atom. The predicted molar refractivity (Wildman–Crippen MR) is 67.3 cm³/mol.